The Kier molecular flexibility index (Phi) is 8.85. The maximum Gasteiger partial charge on any atom is 0.264 e. The second kappa shape index (κ2) is 13.7. The molecule has 5 amide bonds. The van der Waals surface area contributed by atoms with Crippen LogP contribution < -0.4 is 15.5 Å². The fraction of sp³-hybridized carbons (Fsp3) is 0.385. The number of nitrogens with zero attached hydrogens (tertiary/aromatic N) is 4. The third-order valence-electron chi connectivity index (χ3n) is 10.8. The van der Waals surface area contributed by atoms with Gasteiger partial charge in [0.15, 0.2) is 0 Å². The molecule has 1 unspecified atom stereocenters. The Labute approximate surface area is 295 Å². The number of carbonyl (C=O) groups excluding carboxylic acids is 5. The van der Waals surface area contributed by atoms with Gasteiger partial charge in [0.05, 0.1) is 34.4 Å². The summed E-state index contributed by atoms with van der Waals surface area (Å²) in [7, 11) is 0. The Morgan fingerprint density at radius 3 is 2.43 bits per heavy atom. The summed E-state index contributed by atoms with van der Waals surface area (Å²) in [6.07, 6.45) is 6.51. The Morgan fingerprint density at radius 1 is 0.882 bits per heavy atom. The molecular weight excluding hydrogens is 646 g/mol. The zero-order valence-electron chi connectivity index (χ0n) is 28.5. The van der Waals surface area contributed by atoms with Crippen molar-refractivity contribution in [2.45, 2.75) is 64.0 Å². The molecule has 3 fully saturated rings. The second-order valence-corrected chi connectivity index (χ2v) is 14.2. The van der Waals surface area contributed by atoms with E-state index in [1.54, 1.807) is 12.1 Å². The van der Waals surface area contributed by atoms with Crippen LogP contribution in [-0.2, 0) is 22.6 Å². The normalized spacial score (nSPS) is 20.0. The molecule has 5 heterocycles. The molecule has 1 atom stereocenters. The highest BCUT2D eigenvalue weighted by Gasteiger charge is 2.46. The van der Waals surface area contributed by atoms with Gasteiger partial charge in [-0.15, -0.1) is 0 Å². The number of hydrogen-bond acceptors (Lipinski definition) is 8. The van der Waals surface area contributed by atoms with Crippen molar-refractivity contribution in [3.8, 4) is 0 Å². The van der Waals surface area contributed by atoms with Gasteiger partial charge in [0, 0.05) is 30.8 Å². The number of rotatable bonds is 9. The van der Waals surface area contributed by atoms with Gasteiger partial charge in [-0.05, 0) is 112 Å². The van der Waals surface area contributed by atoms with Crippen molar-refractivity contribution in [2.75, 3.05) is 36.4 Å². The maximum absolute atomic E-state index is 13.6. The first-order valence-electron chi connectivity index (χ1n) is 18.0. The lowest BCUT2D eigenvalue weighted by Gasteiger charge is -2.34. The van der Waals surface area contributed by atoms with Crippen LogP contribution in [0.3, 0.4) is 0 Å². The van der Waals surface area contributed by atoms with Crippen molar-refractivity contribution in [3.05, 3.63) is 88.7 Å². The van der Waals surface area contributed by atoms with E-state index in [4.69, 9.17) is 4.98 Å². The van der Waals surface area contributed by atoms with Crippen LogP contribution in [0.1, 0.15) is 87.4 Å². The largest absolute Gasteiger partial charge is 0.371 e. The average Bonchev–Trinajstić information content (AvgIpc) is 3.86. The van der Waals surface area contributed by atoms with Gasteiger partial charge in [0.1, 0.15) is 11.9 Å². The Bertz CT molecular complexity index is 2030. The number of likely N-dealkylation sites (tertiary alicyclic amines) is 1. The van der Waals surface area contributed by atoms with Crippen LogP contribution in [0.5, 0.6) is 0 Å². The molecule has 0 aliphatic carbocycles. The number of aromatic amines is 1. The first kappa shape index (κ1) is 32.8. The highest BCUT2D eigenvalue weighted by Crippen LogP contribution is 2.36. The van der Waals surface area contributed by atoms with Crippen molar-refractivity contribution in [2.24, 2.45) is 5.92 Å². The van der Waals surface area contributed by atoms with Gasteiger partial charge in [-0.2, -0.15) is 0 Å². The van der Waals surface area contributed by atoms with Gasteiger partial charge >= 0.3 is 0 Å². The topological polar surface area (TPSA) is 148 Å². The van der Waals surface area contributed by atoms with Crippen LogP contribution in [-0.4, -0.2) is 81.5 Å². The fourth-order valence-corrected chi connectivity index (χ4v) is 7.98. The summed E-state index contributed by atoms with van der Waals surface area (Å²) in [6.45, 7) is 4.54. The van der Waals surface area contributed by atoms with E-state index < -0.39 is 29.7 Å². The molecule has 8 rings (SSSR count). The Hall–Kier alpha value is -5.36. The fourth-order valence-electron chi connectivity index (χ4n) is 7.98. The predicted octanol–water partition coefficient (Wildman–Crippen LogP) is 4.66. The predicted molar refractivity (Wildman–Crippen MR) is 191 cm³/mol. The number of nitrogens with one attached hydrogen (secondary N) is 3. The van der Waals surface area contributed by atoms with E-state index in [0.29, 0.717) is 28.3 Å². The highest BCUT2D eigenvalue weighted by molar-refractivity contribution is 6.25. The van der Waals surface area contributed by atoms with Crippen LogP contribution >= 0.6 is 0 Å². The summed E-state index contributed by atoms with van der Waals surface area (Å²) in [6, 6.07) is 17.9. The monoisotopic (exact) mass is 687 g/mol. The summed E-state index contributed by atoms with van der Waals surface area (Å²) < 4.78 is 0. The minimum absolute atomic E-state index is 0.0909. The molecule has 4 aliphatic heterocycles. The van der Waals surface area contributed by atoms with Crippen LogP contribution in [0.15, 0.2) is 60.7 Å². The zero-order valence-corrected chi connectivity index (χ0v) is 28.5. The Morgan fingerprint density at radius 2 is 1.67 bits per heavy atom. The van der Waals surface area contributed by atoms with Gasteiger partial charge in [-0.1, -0.05) is 18.2 Å². The number of piperidine rings is 2. The molecule has 3 saturated heterocycles. The number of hydrogen-bond donors (Lipinski definition) is 3. The molecule has 4 aliphatic rings. The number of fused-ring (bicyclic) bond motifs is 2. The van der Waals surface area contributed by atoms with Gasteiger partial charge < -0.3 is 15.2 Å². The summed E-state index contributed by atoms with van der Waals surface area (Å²) in [5, 5.41) is 5.27. The number of amides is 5. The molecule has 262 valence electrons. The van der Waals surface area contributed by atoms with E-state index in [1.807, 2.05) is 48.5 Å². The van der Waals surface area contributed by atoms with E-state index in [9.17, 15) is 24.0 Å². The van der Waals surface area contributed by atoms with Crippen molar-refractivity contribution in [1.82, 2.24) is 25.1 Å². The standard InChI is InChI=1S/C39H41N7O5/c47-34-15-14-32(37(49)43-34)46-38(50)28-4-3-5-31(35(28)39(46)51)45-20-16-25(17-21-45)7-6-24-8-10-26(11-9-24)36(48)40-27-12-13-29-30(22-27)42-33(41-29)23-44-18-1-2-19-44/h3-5,8-13,22,25,32H,1-2,6-7,14-21,23H2,(H,40,48)(H,41,42)(H,43,47,49). The molecule has 0 saturated carbocycles. The first-order chi connectivity index (χ1) is 24.8. The van der Waals surface area contributed by atoms with Crippen molar-refractivity contribution < 1.29 is 24.0 Å². The quantitative estimate of drug-likeness (QED) is 0.215. The number of aryl methyl sites for hydroxylation is 1. The van der Waals surface area contributed by atoms with Gasteiger partial charge in [0.25, 0.3) is 17.7 Å². The first-order valence-corrected chi connectivity index (χ1v) is 18.0. The van der Waals surface area contributed by atoms with Crippen molar-refractivity contribution in [1.29, 1.82) is 0 Å². The zero-order chi connectivity index (χ0) is 35.1. The van der Waals surface area contributed by atoms with E-state index >= 15 is 0 Å². The molecule has 0 bridgehead atoms. The molecule has 12 nitrogen and oxygen atoms in total. The third-order valence-corrected chi connectivity index (χ3v) is 10.8. The van der Waals surface area contributed by atoms with E-state index in [-0.39, 0.29) is 18.7 Å². The number of anilines is 2. The van der Waals surface area contributed by atoms with Crippen molar-refractivity contribution in [3.63, 3.8) is 0 Å². The minimum atomic E-state index is -0.979. The number of H-pyrrole nitrogens is 1. The molecular formula is C39H41N7O5. The summed E-state index contributed by atoms with van der Waals surface area (Å²) in [5.41, 5.74) is 5.67. The minimum Gasteiger partial charge on any atom is -0.371 e. The number of imidazole rings is 1. The lowest BCUT2D eigenvalue weighted by Crippen LogP contribution is -2.54. The molecule has 3 N–H and O–H groups in total. The SMILES string of the molecule is O=C1CCC(N2C(=O)c3cccc(N4CCC(CCc5ccc(C(=O)Nc6ccc7[nH]c(CN8CCCC8)nc7c6)cc5)CC4)c3C2=O)C(=O)N1. The van der Waals surface area contributed by atoms with Crippen LogP contribution in [0.25, 0.3) is 11.0 Å². The number of carbonyl (C=O) groups is 5. The third kappa shape index (κ3) is 6.63. The lowest BCUT2D eigenvalue weighted by atomic mass is 9.90. The average molecular weight is 688 g/mol. The van der Waals surface area contributed by atoms with E-state index in [1.165, 1.54) is 18.4 Å². The molecule has 0 spiro atoms. The van der Waals surface area contributed by atoms with Crippen LogP contribution in [0, 0.1) is 5.92 Å². The number of imide groups is 2. The van der Waals surface area contributed by atoms with E-state index in [0.717, 1.165) is 85.9 Å². The van der Waals surface area contributed by atoms with Crippen LogP contribution in [0.4, 0.5) is 11.4 Å². The highest BCUT2D eigenvalue weighted by atomic mass is 16.2. The summed E-state index contributed by atoms with van der Waals surface area (Å²) >= 11 is 0. The van der Waals surface area contributed by atoms with E-state index in [2.05, 4.69) is 25.4 Å². The molecule has 12 heteroatoms. The van der Waals surface area contributed by atoms with Gasteiger partial charge in [-0.3, -0.25) is 39.1 Å². The molecule has 4 aromatic rings. The van der Waals surface area contributed by atoms with Crippen molar-refractivity contribution >= 4 is 51.9 Å². The maximum atomic E-state index is 13.6. The lowest BCUT2D eigenvalue weighted by molar-refractivity contribution is -0.136. The molecule has 3 aromatic carbocycles. The smallest absolute Gasteiger partial charge is 0.264 e. The van der Waals surface area contributed by atoms with Gasteiger partial charge in [-0.25, -0.2) is 4.98 Å². The molecule has 0 radical (unpaired) electrons. The number of aromatic nitrogens is 2. The molecule has 1 aromatic heterocycles. The second-order valence-electron chi connectivity index (χ2n) is 14.2. The Balaban J connectivity index is 0.834. The summed E-state index contributed by atoms with van der Waals surface area (Å²) in [5.74, 6) is -0.657. The van der Waals surface area contributed by atoms with Gasteiger partial charge in [0.2, 0.25) is 11.8 Å². The summed E-state index contributed by atoms with van der Waals surface area (Å²) in [4.78, 5) is 77.8. The number of benzene rings is 3. The van der Waals surface area contributed by atoms with Crippen LogP contribution in [0.2, 0.25) is 0 Å². The molecule has 51 heavy (non-hydrogen) atoms.